The molecule has 4 rings (SSSR count). The lowest BCUT2D eigenvalue weighted by Crippen LogP contribution is -2.45. The van der Waals surface area contributed by atoms with Crippen molar-refractivity contribution in [3.63, 3.8) is 0 Å². The van der Waals surface area contributed by atoms with Crippen molar-refractivity contribution in [2.45, 2.75) is 43.7 Å². The van der Waals surface area contributed by atoms with Gasteiger partial charge in [-0.1, -0.05) is 6.07 Å². The Bertz CT molecular complexity index is 437. The highest BCUT2D eigenvalue weighted by Gasteiger charge is 2.72. The fraction of sp³-hybridized carbons (Fsp3) is 0.643. The van der Waals surface area contributed by atoms with Crippen LogP contribution < -0.4 is 0 Å². The summed E-state index contributed by atoms with van der Waals surface area (Å²) in [5.41, 5.74) is 1.70. The number of nitrogens with zero attached hydrogens (tertiary/aromatic N) is 2. The number of hydrogen-bond donors (Lipinski definition) is 0. The van der Waals surface area contributed by atoms with Crippen molar-refractivity contribution >= 4 is 0 Å². The molecule has 3 aliphatic rings. The summed E-state index contributed by atoms with van der Waals surface area (Å²) < 4.78 is 0. The molecule has 3 heteroatoms. The van der Waals surface area contributed by atoms with Crippen LogP contribution in [0.4, 0.5) is 0 Å². The minimum absolute atomic E-state index is 0.157. The van der Waals surface area contributed by atoms with Gasteiger partial charge >= 0.3 is 0 Å². The molecule has 17 heavy (non-hydrogen) atoms. The number of fused-ring (bicyclic) bond motifs is 1. The Morgan fingerprint density at radius 2 is 2.12 bits per heavy atom. The van der Waals surface area contributed by atoms with Crippen LogP contribution in [0.5, 0.6) is 0 Å². The van der Waals surface area contributed by atoms with Crippen LogP contribution in [-0.2, 0) is 4.84 Å². The minimum atomic E-state index is 0.157. The molecule has 2 spiro atoms. The van der Waals surface area contributed by atoms with E-state index in [9.17, 15) is 0 Å². The summed E-state index contributed by atoms with van der Waals surface area (Å²) in [7, 11) is 2.08. The number of hydrogen-bond acceptors (Lipinski definition) is 3. The number of pyridine rings is 1. The van der Waals surface area contributed by atoms with Crippen LogP contribution in [0.2, 0.25) is 0 Å². The summed E-state index contributed by atoms with van der Waals surface area (Å²) >= 11 is 0. The third kappa shape index (κ3) is 1.11. The average molecular weight is 230 g/mol. The molecule has 2 saturated carbocycles. The third-order valence-corrected chi connectivity index (χ3v) is 5.03. The van der Waals surface area contributed by atoms with Gasteiger partial charge in [-0.2, -0.15) is 5.06 Å². The zero-order valence-corrected chi connectivity index (χ0v) is 10.2. The van der Waals surface area contributed by atoms with Gasteiger partial charge in [0.1, 0.15) is 0 Å². The van der Waals surface area contributed by atoms with Gasteiger partial charge in [-0.25, -0.2) is 0 Å². The van der Waals surface area contributed by atoms with Gasteiger partial charge in [0, 0.05) is 18.7 Å². The lowest BCUT2D eigenvalue weighted by Gasteiger charge is -2.42. The van der Waals surface area contributed by atoms with Crippen molar-refractivity contribution in [1.29, 1.82) is 0 Å². The largest absolute Gasteiger partial charge is 0.291 e. The van der Waals surface area contributed by atoms with Gasteiger partial charge < -0.3 is 0 Å². The molecule has 90 valence electrons. The number of rotatable bonds is 1. The SMILES string of the molecule is CN1OC2(CCC2)C2(CC2)C1c1ccccn1. The van der Waals surface area contributed by atoms with Crippen molar-refractivity contribution in [3.05, 3.63) is 30.1 Å². The number of aromatic nitrogens is 1. The van der Waals surface area contributed by atoms with Crippen molar-refractivity contribution in [2.75, 3.05) is 7.05 Å². The molecule has 2 heterocycles. The molecule has 0 N–H and O–H groups in total. The van der Waals surface area contributed by atoms with Gasteiger partial charge in [-0.15, -0.1) is 0 Å². The van der Waals surface area contributed by atoms with E-state index in [0.717, 1.165) is 0 Å². The Balaban J connectivity index is 1.77. The first-order valence-electron chi connectivity index (χ1n) is 6.60. The summed E-state index contributed by atoms with van der Waals surface area (Å²) in [6, 6.07) is 6.57. The van der Waals surface area contributed by atoms with Gasteiger partial charge in [0.05, 0.1) is 17.3 Å². The molecular formula is C14H18N2O. The Morgan fingerprint density at radius 3 is 2.65 bits per heavy atom. The molecule has 1 aliphatic heterocycles. The maximum absolute atomic E-state index is 6.22. The first-order valence-corrected chi connectivity index (χ1v) is 6.60. The van der Waals surface area contributed by atoms with Gasteiger partial charge in [0.15, 0.2) is 0 Å². The second-order valence-electron chi connectivity index (χ2n) is 5.80. The summed E-state index contributed by atoms with van der Waals surface area (Å²) in [4.78, 5) is 10.8. The van der Waals surface area contributed by atoms with Crippen molar-refractivity contribution in [1.82, 2.24) is 10.0 Å². The van der Waals surface area contributed by atoms with Gasteiger partial charge in [0.2, 0.25) is 0 Å². The Morgan fingerprint density at radius 1 is 1.29 bits per heavy atom. The monoisotopic (exact) mass is 230 g/mol. The number of hydroxylamine groups is 2. The lowest BCUT2D eigenvalue weighted by atomic mass is 9.66. The average Bonchev–Trinajstić information content (AvgIpc) is 3.01. The van der Waals surface area contributed by atoms with E-state index in [1.165, 1.54) is 37.8 Å². The highest BCUT2D eigenvalue weighted by Crippen LogP contribution is 2.73. The molecular weight excluding hydrogens is 212 g/mol. The Kier molecular flexibility index (Phi) is 1.82. The standard InChI is InChI=1S/C14H18N2O/c1-16-12(11-5-2-3-10-15-11)13(8-9-13)14(17-16)6-4-7-14/h2-3,5,10,12H,4,6-9H2,1H3. The molecule has 1 aromatic heterocycles. The lowest BCUT2D eigenvalue weighted by molar-refractivity contribution is -0.222. The van der Waals surface area contributed by atoms with E-state index >= 15 is 0 Å². The van der Waals surface area contributed by atoms with E-state index in [1.807, 2.05) is 12.3 Å². The van der Waals surface area contributed by atoms with Crippen LogP contribution in [0, 0.1) is 5.41 Å². The molecule has 1 atom stereocenters. The van der Waals surface area contributed by atoms with Crippen LogP contribution in [0.25, 0.3) is 0 Å². The summed E-state index contributed by atoms with van der Waals surface area (Å²) in [5, 5.41) is 2.08. The highest BCUT2D eigenvalue weighted by molar-refractivity contribution is 5.26. The van der Waals surface area contributed by atoms with E-state index in [1.54, 1.807) is 0 Å². The molecule has 1 unspecified atom stereocenters. The molecule has 0 aromatic carbocycles. The summed E-state index contributed by atoms with van der Waals surface area (Å²) in [6.45, 7) is 0. The molecule has 0 bridgehead atoms. The van der Waals surface area contributed by atoms with E-state index in [0.29, 0.717) is 11.5 Å². The van der Waals surface area contributed by atoms with E-state index in [2.05, 4.69) is 29.2 Å². The smallest absolute Gasteiger partial charge is 0.0975 e. The quantitative estimate of drug-likeness (QED) is 0.741. The zero-order valence-electron chi connectivity index (χ0n) is 10.2. The second-order valence-corrected chi connectivity index (χ2v) is 5.80. The topological polar surface area (TPSA) is 25.4 Å². The molecule has 1 saturated heterocycles. The molecule has 1 aromatic rings. The maximum atomic E-state index is 6.22. The third-order valence-electron chi connectivity index (χ3n) is 5.03. The van der Waals surface area contributed by atoms with Crippen LogP contribution in [0.1, 0.15) is 43.8 Å². The highest BCUT2D eigenvalue weighted by atomic mass is 16.7. The minimum Gasteiger partial charge on any atom is -0.291 e. The Hall–Kier alpha value is -0.930. The van der Waals surface area contributed by atoms with E-state index < -0.39 is 0 Å². The first kappa shape index (κ1) is 10.0. The van der Waals surface area contributed by atoms with Crippen molar-refractivity contribution in [2.24, 2.45) is 5.41 Å². The van der Waals surface area contributed by atoms with Gasteiger partial charge in [0.25, 0.3) is 0 Å². The second kappa shape index (κ2) is 3.09. The van der Waals surface area contributed by atoms with E-state index in [-0.39, 0.29) is 5.60 Å². The maximum Gasteiger partial charge on any atom is 0.0975 e. The first-order chi connectivity index (χ1) is 8.28. The Labute approximate surface area is 102 Å². The van der Waals surface area contributed by atoms with Crippen LogP contribution in [0.15, 0.2) is 24.4 Å². The molecule has 2 aliphatic carbocycles. The van der Waals surface area contributed by atoms with Crippen LogP contribution >= 0.6 is 0 Å². The fourth-order valence-electron chi connectivity index (χ4n) is 3.97. The van der Waals surface area contributed by atoms with Gasteiger partial charge in [-0.05, 0) is 44.2 Å². The molecule has 0 radical (unpaired) electrons. The normalized spacial score (nSPS) is 32.9. The fourth-order valence-corrected chi connectivity index (χ4v) is 3.97. The summed E-state index contributed by atoms with van der Waals surface area (Å²) in [6.07, 6.45) is 8.30. The van der Waals surface area contributed by atoms with Gasteiger partial charge in [-0.3, -0.25) is 9.82 Å². The van der Waals surface area contributed by atoms with Crippen LogP contribution in [0.3, 0.4) is 0 Å². The van der Waals surface area contributed by atoms with Crippen molar-refractivity contribution < 1.29 is 4.84 Å². The molecule has 3 nitrogen and oxygen atoms in total. The van der Waals surface area contributed by atoms with E-state index in [4.69, 9.17) is 4.84 Å². The predicted molar refractivity (Wildman–Crippen MR) is 64.1 cm³/mol. The zero-order chi connectivity index (χ0) is 11.5. The predicted octanol–water partition coefficient (Wildman–Crippen LogP) is 2.70. The molecule has 0 amide bonds. The summed E-state index contributed by atoms with van der Waals surface area (Å²) in [5.74, 6) is 0. The van der Waals surface area contributed by atoms with Crippen molar-refractivity contribution in [3.8, 4) is 0 Å². The van der Waals surface area contributed by atoms with Crippen LogP contribution in [-0.4, -0.2) is 22.7 Å². The molecule has 3 fully saturated rings.